The highest BCUT2D eigenvalue weighted by Crippen LogP contribution is 2.23. The fourth-order valence-electron chi connectivity index (χ4n) is 1.84. The van der Waals surface area contributed by atoms with E-state index in [0.29, 0.717) is 11.1 Å². The van der Waals surface area contributed by atoms with Crippen LogP contribution in [0.25, 0.3) is 0 Å². The molecule has 122 valence electrons. The molecule has 2 aromatic rings. The highest BCUT2D eigenvalue weighted by Gasteiger charge is 2.22. The molecule has 1 N–H and O–H groups in total. The standard InChI is InChI=1S/C16H14O5.C2H6/c1-20-16(19)12-8-5-9-13(10-12)21-14(15(17)18)11-6-3-2-4-7-11;1-2/h2-10,14H,1H3,(H,17,18);1-2H3. The molecule has 0 saturated carbocycles. The second-order valence-electron chi connectivity index (χ2n) is 4.27. The van der Waals surface area contributed by atoms with Gasteiger partial charge in [0, 0.05) is 5.56 Å². The van der Waals surface area contributed by atoms with E-state index in [-0.39, 0.29) is 5.75 Å². The number of aliphatic carboxylic acids is 1. The van der Waals surface area contributed by atoms with E-state index in [2.05, 4.69) is 4.74 Å². The summed E-state index contributed by atoms with van der Waals surface area (Å²) in [6, 6.07) is 14.8. The van der Waals surface area contributed by atoms with Crippen LogP contribution in [0, 0.1) is 0 Å². The molecular formula is C18H20O5. The van der Waals surface area contributed by atoms with Gasteiger partial charge in [-0.05, 0) is 18.2 Å². The van der Waals surface area contributed by atoms with Gasteiger partial charge in [-0.25, -0.2) is 9.59 Å². The molecule has 0 bridgehead atoms. The minimum Gasteiger partial charge on any atom is -0.478 e. The Morgan fingerprint density at radius 1 is 1.00 bits per heavy atom. The number of ether oxygens (including phenoxy) is 2. The minimum absolute atomic E-state index is 0.286. The fraction of sp³-hybridized carbons (Fsp3) is 0.222. The lowest BCUT2D eigenvalue weighted by molar-refractivity contribution is -0.145. The van der Waals surface area contributed by atoms with Crippen molar-refractivity contribution in [1.29, 1.82) is 0 Å². The number of esters is 1. The molecule has 0 spiro atoms. The predicted octanol–water partition coefficient (Wildman–Crippen LogP) is 3.70. The van der Waals surface area contributed by atoms with Crippen molar-refractivity contribution >= 4 is 11.9 Å². The van der Waals surface area contributed by atoms with Crippen LogP contribution in [-0.4, -0.2) is 24.2 Å². The Bertz CT molecular complexity index is 637. The molecule has 0 aliphatic heterocycles. The monoisotopic (exact) mass is 316 g/mol. The van der Waals surface area contributed by atoms with E-state index >= 15 is 0 Å². The first-order chi connectivity index (χ1) is 11.1. The first kappa shape index (κ1) is 18.2. The normalized spacial score (nSPS) is 10.7. The van der Waals surface area contributed by atoms with Gasteiger partial charge in [-0.2, -0.15) is 0 Å². The molecule has 2 rings (SSSR count). The molecule has 0 heterocycles. The van der Waals surface area contributed by atoms with Crippen LogP contribution >= 0.6 is 0 Å². The molecule has 0 radical (unpaired) electrons. The first-order valence-electron chi connectivity index (χ1n) is 7.24. The average Bonchev–Trinajstić information content (AvgIpc) is 2.61. The first-order valence-corrected chi connectivity index (χ1v) is 7.24. The molecular weight excluding hydrogens is 296 g/mol. The molecule has 0 aromatic heterocycles. The number of hydrogen-bond acceptors (Lipinski definition) is 4. The van der Waals surface area contributed by atoms with E-state index in [9.17, 15) is 14.7 Å². The smallest absolute Gasteiger partial charge is 0.349 e. The zero-order chi connectivity index (χ0) is 17.2. The van der Waals surface area contributed by atoms with Crippen LogP contribution in [-0.2, 0) is 9.53 Å². The fourth-order valence-corrected chi connectivity index (χ4v) is 1.84. The highest BCUT2D eigenvalue weighted by atomic mass is 16.5. The van der Waals surface area contributed by atoms with Crippen molar-refractivity contribution in [2.24, 2.45) is 0 Å². The SMILES string of the molecule is CC.COC(=O)c1cccc(OC(C(=O)O)c2ccccc2)c1. The molecule has 0 aliphatic rings. The van der Waals surface area contributed by atoms with Crippen molar-refractivity contribution in [3.8, 4) is 5.75 Å². The van der Waals surface area contributed by atoms with Gasteiger partial charge in [-0.1, -0.05) is 50.2 Å². The molecule has 5 nitrogen and oxygen atoms in total. The van der Waals surface area contributed by atoms with Gasteiger partial charge < -0.3 is 14.6 Å². The van der Waals surface area contributed by atoms with E-state index < -0.39 is 18.0 Å². The summed E-state index contributed by atoms with van der Waals surface area (Å²) in [7, 11) is 1.28. The molecule has 1 atom stereocenters. The second kappa shape index (κ2) is 9.25. The van der Waals surface area contributed by atoms with E-state index in [1.54, 1.807) is 48.5 Å². The van der Waals surface area contributed by atoms with Crippen molar-refractivity contribution in [2.45, 2.75) is 20.0 Å². The Kier molecular flexibility index (Phi) is 7.33. The zero-order valence-corrected chi connectivity index (χ0v) is 13.4. The molecule has 2 aromatic carbocycles. The third-order valence-corrected chi connectivity index (χ3v) is 2.84. The van der Waals surface area contributed by atoms with Gasteiger partial charge in [0.05, 0.1) is 12.7 Å². The van der Waals surface area contributed by atoms with Crippen molar-refractivity contribution in [1.82, 2.24) is 0 Å². The second-order valence-corrected chi connectivity index (χ2v) is 4.27. The van der Waals surface area contributed by atoms with E-state index in [1.165, 1.54) is 13.2 Å². The quantitative estimate of drug-likeness (QED) is 0.851. The maximum atomic E-state index is 11.5. The Hall–Kier alpha value is -2.82. The number of benzene rings is 2. The average molecular weight is 316 g/mol. The lowest BCUT2D eigenvalue weighted by atomic mass is 10.1. The number of hydrogen-bond donors (Lipinski definition) is 1. The topological polar surface area (TPSA) is 72.8 Å². The lowest BCUT2D eigenvalue weighted by Gasteiger charge is -2.15. The summed E-state index contributed by atoms with van der Waals surface area (Å²) in [5.74, 6) is -1.33. The number of carboxylic acids is 1. The van der Waals surface area contributed by atoms with E-state index in [0.717, 1.165) is 0 Å². The van der Waals surface area contributed by atoms with Crippen LogP contribution in [0.15, 0.2) is 54.6 Å². The lowest BCUT2D eigenvalue weighted by Crippen LogP contribution is -2.18. The number of carbonyl (C=O) groups is 2. The number of rotatable bonds is 5. The van der Waals surface area contributed by atoms with Gasteiger partial charge in [0.1, 0.15) is 5.75 Å². The molecule has 0 amide bonds. The predicted molar refractivity (Wildman–Crippen MR) is 86.6 cm³/mol. The van der Waals surface area contributed by atoms with Crippen molar-refractivity contribution in [2.75, 3.05) is 7.11 Å². The van der Waals surface area contributed by atoms with Crippen molar-refractivity contribution in [3.63, 3.8) is 0 Å². The summed E-state index contributed by atoms with van der Waals surface area (Å²) in [6.45, 7) is 4.00. The highest BCUT2D eigenvalue weighted by molar-refractivity contribution is 5.89. The molecule has 0 aliphatic carbocycles. The molecule has 0 saturated heterocycles. The van der Waals surface area contributed by atoms with Gasteiger partial charge in [-0.15, -0.1) is 0 Å². The Morgan fingerprint density at radius 3 is 2.22 bits per heavy atom. The van der Waals surface area contributed by atoms with Crippen LogP contribution in [0.1, 0.15) is 35.9 Å². The Labute approximate surface area is 135 Å². The van der Waals surface area contributed by atoms with Gasteiger partial charge >= 0.3 is 11.9 Å². The molecule has 5 heteroatoms. The Morgan fingerprint density at radius 2 is 1.65 bits per heavy atom. The molecule has 0 fully saturated rings. The van der Waals surface area contributed by atoms with Crippen molar-refractivity contribution in [3.05, 3.63) is 65.7 Å². The van der Waals surface area contributed by atoms with Gasteiger partial charge in [0.25, 0.3) is 0 Å². The third kappa shape index (κ3) is 5.14. The maximum Gasteiger partial charge on any atom is 0.349 e. The largest absolute Gasteiger partial charge is 0.478 e. The number of methoxy groups -OCH3 is 1. The summed E-state index contributed by atoms with van der Waals surface area (Å²) in [5.41, 5.74) is 0.820. The van der Waals surface area contributed by atoms with E-state index in [1.807, 2.05) is 13.8 Å². The summed E-state index contributed by atoms with van der Waals surface area (Å²) in [6.07, 6.45) is -1.14. The van der Waals surface area contributed by atoms with E-state index in [4.69, 9.17) is 4.74 Å². The zero-order valence-electron chi connectivity index (χ0n) is 13.4. The van der Waals surface area contributed by atoms with Crippen LogP contribution in [0.2, 0.25) is 0 Å². The van der Waals surface area contributed by atoms with Gasteiger partial charge in [0.2, 0.25) is 6.10 Å². The van der Waals surface area contributed by atoms with Crippen molar-refractivity contribution < 1.29 is 24.2 Å². The van der Waals surface area contributed by atoms with Crippen LogP contribution in [0.5, 0.6) is 5.75 Å². The third-order valence-electron chi connectivity index (χ3n) is 2.84. The van der Waals surface area contributed by atoms with Gasteiger partial charge in [0.15, 0.2) is 0 Å². The maximum absolute atomic E-state index is 11.5. The van der Waals surface area contributed by atoms with Crippen LogP contribution in [0.4, 0.5) is 0 Å². The Balaban J connectivity index is 0.00000127. The van der Waals surface area contributed by atoms with Gasteiger partial charge in [-0.3, -0.25) is 0 Å². The molecule has 23 heavy (non-hydrogen) atoms. The summed E-state index contributed by atoms with van der Waals surface area (Å²) in [5, 5.41) is 9.30. The van der Waals surface area contributed by atoms with Crippen LogP contribution < -0.4 is 4.74 Å². The minimum atomic E-state index is -1.14. The molecule has 1 unspecified atom stereocenters. The summed E-state index contributed by atoms with van der Waals surface area (Å²) in [4.78, 5) is 22.8. The summed E-state index contributed by atoms with van der Waals surface area (Å²) < 4.78 is 10.1. The van der Waals surface area contributed by atoms with Crippen LogP contribution in [0.3, 0.4) is 0 Å². The number of carbonyl (C=O) groups excluding carboxylic acids is 1. The number of carboxylic acid groups (broad SMARTS) is 1. The summed E-state index contributed by atoms with van der Waals surface area (Å²) >= 11 is 0.